The van der Waals surface area contributed by atoms with Crippen LogP contribution in [0.15, 0.2) is 24.3 Å². The second-order valence-corrected chi connectivity index (χ2v) is 4.28. The molecule has 0 saturated heterocycles. The number of aryl methyl sites for hydroxylation is 1. The highest BCUT2D eigenvalue weighted by atomic mass is 16.5. The van der Waals surface area contributed by atoms with E-state index in [1.165, 1.54) is 0 Å². The predicted octanol–water partition coefficient (Wildman–Crippen LogP) is 2.15. The van der Waals surface area contributed by atoms with Crippen LogP contribution < -0.4 is 10.1 Å². The lowest BCUT2D eigenvalue weighted by atomic mass is 10.2. The molecule has 0 bridgehead atoms. The number of anilines is 1. The van der Waals surface area contributed by atoms with Crippen molar-refractivity contribution in [3.63, 3.8) is 0 Å². The van der Waals surface area contributed by atoms with E-state index in [0.29, 0.717) is 18.1 Å². The third kappa shape index (κ3) is 3.26. The van der Waals surface area contributed by atoms with E-state index >= 15 is 0 Å². The topological polar surface area (TPSA) is 94.6 Å². The fraction of sp³-hybridized carbons (Fsp3) is 0.200. The number of methoxy groups -OCH3 is 1. The number of ether oxygens (including phenoxy) is 1. The molecule has 0 unspecified atom stereocenters. The monoisotopic (exact) mass is 279 g/mol. The van der Waals surface area contributed by atoms with Crippen molar-refractivity contribution in [2.75, 3.05) is 12.4 Å². The maximum Gasteiger partial charge on any atom is 0.179 e. The summed E-state index contributed by atoms with van der Waals surface area (Å²) in [4.78, 5) is 8.20. The lowest BCUT2D eigenvalue weighted by Crippen LogP contribution is -2.07. The van der Waals surface area contributed by atoms with Gasteiger partial charge in [0, 0.05) is 6.54 Å². The van der Waals surface area contributed by atoms with Gasteiger partial charge >= 0.3 is 0 Å². The third-order valence-corrected chi connectivity index (χ3v) is 2.90. The van der Waals surface area contributed by atoms with Crippen LogP contribution >= 0.6 is 0 Å². The van der Waals surface area contributed by atoms with E-state index in [4.69, 9.17) is 15.3 Å². The number of nitrogens with zero attached hydrogens (tertiary/aromatic N) is 4. The van der Waals surface area contributed by atoms with E-state index in [0.717, 1.165) is 11.3 Å². The van der Waals surface area contributed by atoms with Crippen molar-refractivity contribution < 1.29 is 4.74 Å². The fourth-order valence-corrected chi connectivity index (χ4v) is 1.77. The molecule has 1 N–H and O–H groups in total. The SMILES string of the molecule is COc1ccc(CNc2nc(C#N)c(C#N)nc2C)cc1. The Balaban J connectivity index is 2.16. The van der Waals surface area contributed by atoms with Gasteiger partial charge < -0.3 is 10.1 Å². The Bertz CT molecular complexity index is 725. The molecular weight excluding hydrogens is 266 g/mol. The quantitative estimate of drug-likeness (QED) is 0.921. The van der Waals surface area contributed by atoms with Crippen molar-refractivity contribution in [1.29, 1.82) is 10.5 Å². The molecule has 0 radical (unpaired) electrons. The largest absolute Gasteiger partial charge is 0.497 e. The number of hydrogen-bond donors (Lipinski definition) is 1. The Kier molecular flexibility index (Phi) is 4.33. The van der Waals surface area contributed by atoms with Gasteiger partial charge in [-0.3, -0.25) is 0 Å². The molecule has 2 rings (SSSR count). The maximum atomic E-state index is 8.96. The average molecular weight is 279 g/mol. The summed E-state index contributed by atoms with van der Waals surface area (Å²) in [6.45, 7) is 2.28. The van der Waals surface area contributed by atoms with Crippen molar-refractivity contribution in [3.05, 3.63) is 46.9 Å². The van der Waals surface area contributed by atoms with Crippen LogP contribution in [-0.4, -0.2) is 17.1 Å². The summed E-state index contributed by atoms with van der Waals surface area (Å²) in [7, 11) is 1.62. The molecule has 0 amide bonds. The summed E-state index contributed by atoms with van der Waals surface area (Å²) in [6, 6.07) is 11.3. The van der Waals surface area contributed by atoms with Gasteiger partial charge in [-0.05, 0) is 24.6 Å². The molecule has 6 heteroatoms. The first-order chi connectivity index (χ1) is 10.2. The summed E-state index contributed by atoms with van der Waals surface area (Å²) in [5.41, 5.74) is 1.70. The molecule has 21 heavy (non-hydrogen) atoms. The molecule has 0 aliphatic rings. The molecule has 0 aliphatic heterocycles. The molecule has 0 spiro atoms. The van der Waals surface area contributed by atoms with Gasteiger partial charge in [-0.2, -0.15) is 10.5 Å². The van der Waals surface area contributed by atoms with E-state index in [9.17, 15) is 0 Å². The minimum absolute atomic E-state index is 0.0281. The highest BCUT2D eigenvalue weighted by Gasteiger charge is 2.10. The van der Waals surface area contributed by atoms with Crippen LogP contribution in [0.1, 0.15) is 22.6 Å². The Morgan fingerprint density at radius 1 is 1.10 bits per heavy atom. The van der Waals surface area contributed by atoms with Crippen molar-refractivity contribution in [3.8, 4) is 17.9 Å². The van der Waals surface area contributed by atoms with Crippen LogP contribution in [0, 0.1) is 29.6 Å². The van der Waals surface area contributed by atoms with Gasteiger partial charge in [0.05, 0.1) is 12.8 Å². The zero-order valence-electron chi connectivity index (χ0n) is 11.7. The normalized spacial score (nSPS) is 9.52. The van der Waals surface area contributed by atoms with Gasteiger partial charge in [-0.15, -0.1) is 0 Å². The lowest BCUT2D eigenvalue weighted by Gasteiger charge is -2.09. The molecule has 1 aromatic heterocycles. The van der Waals surface area contributed by atoms with E-state index in [1.807, 2.05) is 36.4 Å². The molecule has 1 aromatic carbocycles. The summed E-state index contributed by atoms with van der Waals surface area (Å²) in [5, 5.41) is 21.0. The second-order valence-electron chi connectivity index (χ2n) is 4.28. The van der Waals surface area contributed by atoms with Gasteiger partial charge in [0.15, 0.2) is 11.4 Å². The summed E-state index contributed by atoms with van der Waals surface area (Å²) in [6.07, 6.45) is 0. The maximum absolute atomic E-state index is 8.96. The molecule has 6 nitrogen and oxygen atoms in total. The Hall–Kier alpha value is -3.12. The smallest absolute Gasteiger partial charge is 0.179 e. The first kappa shape index (κ1) is 14.3. The minimum Gasteiger partial charge on any atom is -0.497 e. The number of nitriles is 2. The number of rotatable bonds is 4. The van der Waals surface area contributed by atoms with Gasteiger partial charge in [0.1, 0.15) is 23.7 Å². The molecule has 0 aliphatic carbocycles. The van der Waals surface area contributed by atoms with Crippen molar-refractivity contribution in [1.82, 2.24) is 9.97 Å². The zero-order chi connectivity index (χ0) is 15.2. The van der Waals surface area contributed by atoms with Crippen LogP contribution in [0.3, 0.4) is 0 Å². The molecular formula is C15H13N5O. The van der Waals surface area contributed by atoms with Crippen LogP contribution in [-0.2, 0) is 6.54 Å². The summed E-state index contributed by atoms with van der Waals surface area (Å²) >= 11 is 0. The van der Waals surface area contributed by atoms with Crippen molar-refractivity contribution in [2.24, 2.45) is 0 Å². The predicted molar refractivity (Wildman–Crippen MR) is 76.5 cm³/mol. The van der Waals surface area contributed by atoms with Gasteiger partial charge in [0.2, 0.25) is 0 Å². The van der Waals surface area contributed by atoms with Crippen molar-refractivity contribution >= 4 is 5.82 Å². The van der Waals surface area contributed by atoms with Crippen LogP contribution in [0.25, 0.3) is 0 Å². The fourth-order valence-electron chi connectivity index (χ4n) is 1.77. The van der Waals surface area contributed by atoms with E-state index in [-0.39, 0.29) is 11.4 Å². The lowest BCUT2D eigenvalue weighted by molar-refractivity contribution is 0.414. The second kappa shape index (κ2) is 6.36. The molecule has 0 atom stereocenters. The Morgan fingerprint density at radius 2 is 1.71 bits per heavy atom. The van der Waals surface area contributed by atoms with Gasteiger partial charge in [-0.1, -0.05) is 12.1 Å². The minimum atomic E-state index is 0.0281. The molecule has 0 saturated carbocycles. The number of benzene rings is 1. The van der Waals surface area contributed by atoms with E-state index in [1.54, 1.807) is 14.0 Å². The first-order valence-corrected chi connectivity index (χ1v) is 6.23. The van der Waals surface area contributed by atoms with Gasteiger partial charge in [-0.25, -0.2) is 9.97 Å². The molecule has 0 fully saturated rings. The molecule has 2 aromatic rings. The Labute approximate surface area is 122 Å². The zero-order valence-corrected chi connectivity index (χ0v) is 11.7. The number of nitrogens with one attached hydrogen (secondary N) is 1. The van der Waals surface area contributed by atoms with Crippen LogP contribution in [0.2, 0.25) is 0 Å². The van der Waals surface area contributed by atoms with Crippen LogP contribution in [0.5, 0.6) is 5.75 Å². The summed E-state index contributed by atoms with van der Waals surface area (Å²) in [5.74, 6) is 1.29. The molecule has 104 valence electrons. The van der Waals surface area contributed by atoms with Crippen LogP contribution in [0.4, 0.5) is 5.82 Å². The third-order valence-electron chi connectivity index (χ3n) is 2.90. The number of hydrogen-bond acceptors (Lipinski definition) is 6. The van der Waals surface area contributed by atoms with E-state index in [2.05, 4.69) is 15.3 Å². The van der Waals surface area contributed by atoms with Crippen molar-refractivity contribution in [2.45, 2.75) is 13.5 Å². The first-order valence-electron chi connectivity index (χ1n) is 6.23. The highest BCUT2D eigenvalue weighted by Crippen LogP contribution is 2.15. The van der Waals surface area contributed by atoms with E-state index < -0.39 is 0 Å². The van der Waals surface area contributed by atoms with Gasteiger partial charge in [0.25, 0.3) is 0 Å². The Morgan fingerprint density at radius 3 is 2.29 bits per heavy atom. The summed E-state index contributed by atoms with van der Waals surface area (Å²) < 4.78 is 5.10. The standard InChI is InChI=1S/C15H13N5O/c1-10-15(20-14(8-17)13(7-16)19-10)18-9-11-3-5-12(21-2)6-4-11/h3-6H,9H2,1-2H3,(H,18,20). The highest BCUT2D eigenvalue weighted by molar-refractivity contribution is 5.47. The average Bonchev–Trinajstić information content (AvgIpc) is 2.53. The number of aromatic nitrogens is 2. The molecule has 1 heterocycles.